The molecule has 0 aliphatic rings. The molecule has 2 aromatic carbocycles. The second-order valence-electron chi connectivity index (χ2n) is 6.71. The molecule has 1 aromatic heterocycles. The number of nitrogens with zero attached hydrogens (tertiary/aromatic N) is 3. The van der Waals surface area contributed by atoms with Crippen LogP contribution in [0.1, 0.15) is 19.7 Å². The molecule has 0 atom stereocenters. The summed E-state index contributed by atoms with van der Waals surface area (Å²) in [5, 5.41) is 3.18. The minimum absolute atomic E-state index is 0.276. The number of aryl methyl sites for hydroxylation is 1. The van der Waals surface area contributed by atoms with Crippen molar-refractivity contribution in [3.63, 3.8) is 0 Å². The summed E-state index contributed by atoms with van der Waals surface area (Å²) in [6.07, 6.45) is 0. The highest BCUT2D eigenvalue weighted by Gasteiger charge is 2.17. The van der Waals surface area contributed by atoms with Crippen LogP contribution < -0.4 is 14.9 Å². The Hall–Kier alpha value is -3.27. The van der Waals surface area contributed by atoms with Gasteiger partial charge in [-0.2, -0.15) is 0 Å². The summed E-state index contributed by atoms with van der Waals surface area (Å²) in [6.45, 7) is 7.55. The van der Waals surface area contributed by atoms with Crippen LogP contribution in [0.25, 0.3) is 0 Å². The van der Waals surface area contributed by atoms with Gasteiger partial charge in [-0.25, -0.2) is 27.2 Å². The van der Waals surface area contributed by atoms with Crippen molar-refractivity contribution in [3.05, 3.63) is 66.0 Å². The van der Waals surface area contributed by atoms with E-state index in [-0.39, 0.29) is 10.6 Å². The van der Waals surface area contributed by atoms with E-state index in [9.17, 15) is 17.2 Å². The largest absolute Gasteiger partial charge is 0.357 e. The first-order chi connectivity index (χ1) is 14.7. The highest BCUT2D eigenvalue weighted by atomic mass is 32.2. The molecule has 0 bridgehead atoms. The van der Waals surface area contributed by atoms with Crippen LogP contribution in [0.3, 0.4) is 0 Å². The summed E-state index contributed by atoms with van der Waals surface area (Å²) in [7, 11) is -4.05. The van der Waals surface area contributed by atoms with Crippen LogP contribution in [0.2, 0.25) is 0 Å². The number of rotatable bonds is 8. The van der Waals surface area contributed by atoms with Crippen LogP contribution in [-0.4, -0.2) is 31.5 Å². The van der Waals surface area contributed by atoms with E-state index in [1.54, 1.807) is 24.3 Å². The molecule has 31 heavy (non-hydrogen) atoms. The minimum atomic E-state index is -4.05. The first-order valence-electron chi connectivity index (χ1n) is 9.67. The Morgan fingerprint density at radius 3 is 2.16 bits per heavy atom. The lowest BCUT2D eigenvalue weighted by Gasteiger charge is -2.20. The van der Waals surface area contributed by atoms with Crippen molar-refractivity contribution < 1.29 is 17.2 Å². The van der Waals surface area contributed by atoms with Crippen LogP contribution in [0, 0.1) is 18.6 Å². The fraction of sp³-hybridized carbons (Fsp3) is 0.238. The maximum Gasteiger partial charge on any atom is 0.261 e. The van der Waals surface area contributed by atoms with Gasteiger partial charge in [0.2, 0.25) is 0 Å². The molecule has 7 nitrogen and oxygen atoms in total. The van der Waals surface area contributed by atoms with Gasteiger partial charge in [-0.3, -0.25) is 4.72 Å². The van der Waals surface area contributed by atoms with Gasteiger partial charge in [-0.1, -0.05) is 0 Å². The summed E-state index contributed by atoms with van der Waals surface area (Å²) >= 11 is 0. The SMILES string of the molecule is CCN(CC)c1cc(Nc2ccc(NS(=O)(=O)c3ccc(F)c(F)c3)cc2)nc(C)n1. The van der Waals surface area contributed by atoms with Crippen molar-refractivity contribution in [2.75, 3.05) is 28.0 Å². The average Bonchev–Trinajstić information content (AvgIpc) is 2.72. The minimum Gasteiger partial charge on any atom is -0.357 e. The van der Waals surface area contributed by atoms with Crippen LogP contribution in [-0.2, 0) is 10.0 Å². The van der Waals surface area contributed by atoms with E-state index in [4.69, 9.17) is 0 Å². The zero-order valence-corrected chi connectivity index (χ0v) is 18.2. The van der Waals surface area contributed by atoms with E-state index in [1.165, 1.54) is 0 Å². The van der Waals surface area contributed by atoms with Gasteiger partial charge in [0, 0.05) is 30.5 Å². The Labute approximate surface area is 180 Å². The van der Waals surface area contributed by atoms with E-state index < -0.39 is 21.7 Å². The zero-order chi connectivity index (χ0) is 22.6. The molecule has 0 radical (unpaired) electrons. The average molecular weight is 448 g/mol. The summed E-state index contributed by atoms with van der Waals surface area (Å²) in [5.41, 5.74) is 0.970. The molecule has 10 heteroatoms. The first kappa shape index (κ1) is 22.4. The van der Waals surface area contributed by atoms with E-state index in [0.29, 0.717) is 23.4 Å². The second-order valence-corrected chi connectivity index (χ2v) is 8.40. The zero-order valence-electron chi connectivity index (χ0n) is 17.4. The predicted molar refractivity (Wildman–Crippen MR) is 117 cm³/mol. The van der Waals surface area contributed by atoms with E-state index >= 15 is 0 Å². The molecule has 2 N–H and O–H groups in total. The third-order valence-electron chi connectivity index (χ3n) is 4.52. The fourth-order valence-electron chi connectivity index (χ4n) is 2.95. The van der Waals surface area contributed by atoms with Gasteiger partial charge in [-0.15, -0.1) is 0 Å². The Morgan fingerprint density at radius 1 is 0.903 bits per heavy atom. The van der Waals surface area contributed by atoms with Gasteiger partial charge in [0.15, 0.2) is 11.6 Å². The number of anilines is 4. The fourth-order valence-corrected chi connectivity index (χ4v) is 4.02. The topological polar surface area (TPSA) is 87.2 Å². The molecule has 1 heterocycles. The number of halogens is 2. The molecular weight excluding hydrogens is 424 g/mol. The Balaban J connectivity index is 1.75. The molecule has 0 saturated carbocycles. The Kier molecular flexibility index (Phi) is 6.69. The Morgan fingerprint density at radius 2 is 1.55 bits per heavy atom. The molecule has 0 aliphatic carbocycles. The third kappa shape index (κ3) is 5.46. The molecule has 0 unspecified atom stereocenters. The van der Waals surface area contributed by atoms with Gasteiger partial charge < -0.3 is 10.2 Å². The molecule has 164 valence electrons. The van der Waals surface area contributed by atoms with Gasteiger partial charge >= 0.3 is 0 Å². The number of hydrogen-bond acceptors (Lipinski definition) is 6. The van der Waals surface area contributed by atoms with Crippen molar-refractivity contribution in [3.8, 4) is 0 Å². The second kappa shape index (κ2) is 9.25. The van der Waals surface area contributed by atoms with Gasteiger partial charge in [0.05, 0.1) is 4.90 Å². The lowest BCUT2D eigenvalue weighted by atomic mass is 10.3. The quantitative estimate of drug-likeness (QED) is 0.530. The predicted octanol–water partition coefficient (Wildman–Crippen LogP) is 4.45. The highest BCUT2D eigenvalue weighted by molar-refractivity contribution is 7.92. The summed E-state index contributed by atoms with van der Waals surface area (Å²) in [4.78, 5) is 10.6. The number of nitrogens with one attached hydrogen (secondary N) is 2. The van der Waals surface area contributed by atoms with Gasteiger partial charge in [0.25, 0.3) is 10.0 Å². The van der Waals surface area contributed by atoms with Crippen LogP contribution in [0.15, 0.2) is 53.4 Å². The van der Waals surface area contributed by atoms with Gasteiger partial charge in [0.1, 0.15) is 17.5 Å². The monoisotopic (exact) mass is 447 g/mol. The van der Waals surface area contributed by atoms with Gasteiger partial charge in [-0.05, 0) is 63.2 Å². The first-order valence-corrected chi connectivity index (χ1v) is 11.2. The maximum absolute atomic E-state index is 13.4. The number of sulfonamides is 1. The normalized spacial score (nSPS) is 11.3. The van der Waals surface area contributed by atoms with Crippen molar-refractivity contribution in [2.45, 2.75) is 25.7 Å². The highest BCUT2D eigenvalue weighted by Crippen LogP contribution is 2.23. The van der Waals surface area contributed by atoms with E-state index in [1.807, 2.05) is 26.8 Å². The molecule has 0 amide bonds. The third-order valence-corrected chi connectivity index (χ3v) is 5.90. The lowest BCUT2D eigenvalue weighted by molar-refractivity contribution is 0.504. The molecule has 0 saturated heterocycles. The van der Waals surface area contributed by atoms with Crippen LogP contribution in [0.4, 0.5) is 31.8 Å². The van der Waals surface area contributed by atoms with E-state index in [2.05, 4.69) is 24.9 Å². The van der Waals surface area contributed by atoms with Crippen LogP contribution in [0.5, 0.6) is 0 Å². The standard InChI is InChI=1S/C21H23F2N5O2S/c1-4-28(5-2)21-13-20(24-14(3)25-21)26-15-6-8-16(9-7-15)27-31(29,30)17-10-11-18(22)19(23)12-17/h6-13,27H,4-5H2,1-3H3,(H,24,25,26). The maximum atomic E-state index is 13.4. The molecule has 3 aromatic rings. The molecule has 3 rings (SSSR count). The number of benzene rings is 2. The van der Waals surface area contributed by atoms with Crippen molar-refractivity contribution in [1.82, 2.24) is 9.97 Å². The van der Waals surface area contributed by atoms with Crippen molar-refractivity contribution in [2.24, 2.45) is 0 Å². The summed E-state index contributed by atoms with van der Waals surface area (Å²) in [5.74, 6) is -0.284. The molecule has 0 aliphatic heterocycles. The molecular formula is C21H23F2N5O2S. The van der Waals surface area contributed by atoms with Crippen LogP contribution >= 0.6 is 0 Å². The number of hydrogen-bond donors (Lipinski definition) is 2. The van der Waals surface area contributed by atoms with Crippen molar-refractivity contribution in [1.29, 1.82) is 0 Å². The molecule has 0 spiro atoms. The smallest absolute Gasteiger partial charge is 0.261 e. The van der Waals surface area contributed by atoms with Crippen molar-refractivity contribution >= 4 is 33.0 Å². The Bertz CT molecular complexity index is 1170. The lowest BCUT2D eigenvalue weighted by Crippen LogP contribution is -2.23. The van der Waals surface area contributed by atoms with E-state index in [0.717, 1.165) is 31.0 Å². The number of aromatic nitrogens is 2. The summed E-state index contributed by atoms with van der Waals surface area (Å²) in [6, 6.07) is 10.7. The molecule has 0 fully saturated rings. The summed E-state index contributed by atoms with van der Waals surface area (Å²) < 4.78 is 53.6.